The summed E-state index contributed by atoms with van der Waals surface area (Å²) < 4.78 is 9.59. The van der Waals surface area contributed by atoms with Crippen molar-refractivity contribution < 1.29 is 13.9 Å². The molecule has 0 unspecified atom stereocenters. The van der Waals surface area contributed by atoms with Crippen molar-refractivity contribution in [3.63, 3.8) is 0 Å². The van der Waals surface area contributed by atoms with Crippen LogP contribution in [0, 0.1) is 6.92 Å². The number of esters is 1. The molecule has 2 rings (SSSR count). The van der Waals surface area contributed by atoms with Crippen molar-refractivity contribution in [2.75, 3.05) is 7.11 Å². The van der Waals surface area contributed by atoms with Crippen LogP contribution in [-0.4, -0.2) is 13.1 Å². The van der Waals surface area contributed by atoms with Gasteiger partial charge in [-0.3, -0.25) is 0 Å². The van der Waals surface area contributed by atoms with Crippen molar-refractivity contribution in [2.24, 2.45) is 0 Å². The third-order valence-corrected chi connectivity index (χ3v) is 2.36. The smallest absolute Gasteiger partial charge is 0.351 e. The normalized spacial score (nSPS) is 10.4. The zero-order chi connectivity index (χ0) is 11.7. The van der Waals surface area contributed by atoms with E-state index in [1.165, 1.54) is 13.2 Å². The molecule has 0 aliphatic heterocycles. The minimum absolute atomic E-state index is 0.0828. The summed E-state index contributed by atoms with van der Waals surface area (Å²) in [5.74, 6) is -0.683. The Balaban J connectivity index is 2.78. The highest BCUT2D eigenvalue weighted by atomic mass is 16.5. The van der Waals surface area contributed by atoms with Gasteiger partial charge in [0.2, 0.25) is 0 Å². The van der Waals surface area contributed by atoms with E-state index in [1.807, 2.05) is 19.1 Å². The molecule has 1 heterocycles. The fraction of sp³-hybridized carbons (Fsp3) is 0.167. The zero-order valence-corrected chi connectivity index (χ0v) is 8.94. The largest absolute Gasteiger partial charge is 0.465 e. The lowest BCUT2D eigenvalue weighted by molar-refractivity contribution is 0.0596. The minimum Gasteiger partial charge on any atom is -0.465 e. The Bertz CT molecular complexity index is 610. The number of hydrogen-bond acceptors (Lipinski definition) is 4. The molecular weight excluding hydrogens is 208 g/mol. The second kappa shape index (κ2) is 3.81. The van der Waals surface area contributed by atoms with Gasteiger partial charge in [0.1, 0.15) is 11.1 Å². The van der Waals surface area contributed by atoms with Crippen LogP contribution in [0.1, 0.15) is 15.9 Å². The van der Waals surface area contributed by atoms with E-state index in [0.29, 0.717) is 11.0 Å². The molecule has 0 atom stereocenters. The van der Waals surface area contributed by atoms with Gasteiger partial charge in [-0.05, 0) is 18.6 Å². The van der Waals surface area contributed by atoms with Gasteiger partial charge >= 0.3 is 11.6 Å². The first-order chi connectivity index (χ1) is 7.63. The van der Waals surface area contributed by atoms with Gasteiger partial charge in [0.05, 0.1) is 7.11 Å². The number of aryl methyl sites for hydroxylation is 1. The number of fused-ring (bicyclic) bond motifs is 1. The van der Waals surface area contributed by atoms with Crippen molar-refractivity contribution in [3.8, 4) is 0 Å². The topological polar surface area (TPSA) is 56.5 Å². The Labute approximate surface area is 91.4 Å². The molecule has 0 spiro atoms. The lowest BCUT2D eigenvalue weighted by Crippen LogP contribution is -2.15. The molecule has 0 fully saturated rings. The van der Waals surface area contributed by atoms with Crippen LogP contribution in [0.15, 0.2) is 33.5 Å². The lowest BCUT2D eigenvalue weighted by Gasteiger charge is -2.02. The van der Waals surface area contributed by atoms with Gasteiger partial charge in [-0.1, -0.05) is 18.2 Å². The van der Waals surface area contributed by atoms with Crippen molar-refractivity contribution in [1.82, 2.24) is 0 Å². The number of carbonyl (C=O) groups is 1. The average Bonchev–Trinajstić information content (AvgIpc) is 2.29. The summed E-state index contributed by atoms with van der Waals surface area (Å²) in [5.41, 5.74) is 0.598. The number of hydrogen-bond donors (Lipinski definition) is 0. The Morgan fingerprint density at radius 2 is 2.12 bits per heavy atom. The maximum absolute atomic E-state index is 11.5. The van der Waals surface area contributed by atoms with Crippen LogP contribution in [0.2, 0.25) is 0 Å². The summed E-state index contributed by atoms with van der Waals surface area (Å²) in [5, 5.41) is 0.708. The van der Waals surface area contributed by atoms with Crippen molar-refractivity contribution in [2.45, 2.75) is 6.92 Å². The van der Waals surface area contributed by atoms with E-state index in [9.17, 15) is 9.59 Å². The summed E-state index contributed by atoms with van der Waals surface area (Å²) in [4.78, 5) is 22.8. The van der Waals surface area contributed by atoms with Crippen LogP contribution < -0.4 is 5.63 Å². The summed E-state index contributed by atoms with van der Waals surface area (Å²) >= 11 is 0. The Hall–Kier alpha value is -2.10. The van der Waals surface area contributed by atoms with Crippen molar-refractivity contribution in [1.29, 1.82) is 0 Å². The van der Waals surface area contributed by atoms with Gasteiger partial charge in [-0.15, -0.1) is 0 Å². The Morgan fingerprint density at radius 1 is 1.38 bits per heavy atom. The van der Waals surface area contributed by atoms with E-state index in [4.69, 9.17) is 4.42 Å². The van der Waals surface area contributed by atoms with Gasteiger partial charge in [0, 0.05) is 5.39 Å². The molecule has 0 bridgehead atoms. The first kappa shape index (κ1) is 10.4. The molecule has 0 saturated carbocycles. The highest BCUT2D eigenvalue weighted by Crippen LogP contribution is 2.17. The molecule has 16 heavy (non-hydrogen) atoms. The van der Waals surface area contributed by atoms with Gasteiger partial charge in [-0.2, -0.15) is 0 Å². The van der Waals surface area contributed by atoms with Crippen LogP contribution >= 0.6 is 0 Å². The molecule has 1 aromatic heterocycles. The summed E-state index contributed by atoms with van der Waals surface area (Å²) in [6.07, 6.45) is 0. The number of methoxy groups -OCH3 is 1. The van der Waals surface area contributed by atoms with E-state index < -0.39 is 11.6 Å². The van der Waals surface area contributed by atoms with Gasteiger partial charge in [0.15, 0.2) is 0 Å². The maximum Gasteiger partial charge on any atom is 0.351 e. The second-order valence-electron chi connectivity index (χ2n) is 3.43. The standard InChI is InChI=1S/C12H10O4/c1-7-4-3-5-8-6-9(11(13)15-2)12(14)16-10(7)8/h3-6H,1-2H3. The number of benzene rings is 1. The number of para-hydroxylation sites is 1. The monoisotopic (exact) mass is 218 g/mol. The van der Waals surface area contributed by atoms with Crippen LogP contribution in [0.3, 0.4) is 0 Å². The lowest BCUT2D eigenvalue weighted by atomic mass is 10.1. The molecule has 0 aliphatic rings. The highest BCUT2D eigenvalue weighted by Gasteiger charge is 2.14. The quantitative estimate of drug-likeness (QED) is 0.541. The number of ether oxygens (including phenoxy) is 1. The molecule has 0 N–H and O–H groups in total. The minimum atomic E-state index is -0.683. The fourth-order valence-corrected chi connectivity index (χ4v) is 1.54. The molecule has 2 aromatic rings. The molecule has 82 valence electrons. The molecule has 0 saturated heterocycles. The molecule has 0 amide bonds. The van der Waals surface area contributed by atoms with E-state index in [-0.39, 0.29) is 5.56 Å². The van der Waals surface area contributed by atoms with E-state index >= 15 is 0 Å². The maximum atomic E-state index is 11.5. The summed E-state index contributed by atoms with van der Waals surface area (Å²) in [6, 6.07) is 6.93. The third kappa shape index (κ3) is 1.58. The second-order valence-corrected chi connectivity index (χ2v) is 3.43. The van der Waals surface area contributed by atoms with Crippen LogP contribution in [-0.2, 0) is 4.74 Å². The average molecular weight is 218 g/mol. The fourth-order valence-electron chi connectivity index (χ4n) is 1.54. The molecule has 0 radical (unpaired) electrons. The van der Waals surface area contributed by atoms with Crippen LogP contribution in [0.4, 0.5) is 0 Å². The summed E-state index contributed by atoms with van der Waals surface area (Å²) in [7, 11) is 1.22. The Kier molecular flexibility index (Phi) is 2.48. The van der Waals surface area contributed by atoms with E-state index in [2.05, 4.69) is 4.74 Å². The predicted molar refractivity (Wildman–Crippen MR) is 58.6 cm³/mol. The first-order valence-electron chi connectivity index (χ1n) is 4.75. The molecule has 0 aliphatic carbocycles. The summed E-state index contributed by atoms with van der Waals surface area (Å²) in [6.45, 7) is 1.84. The van der Waals surface area contributed by atoms with Crippen LogP contribution in [0.25, 0.3) is 11.0 Å². The van der Waals surface area contributed by atoms with E-state index in [1.54, 1.807) is 6.07 Å². The van der Waals surface area contributed by atoms with E-state index in [0.717, 1.165) is 5.56 Å². The molecular formula is C12H10O4. The van der Waals surface area contributed by atoms with Crippen LogP contribution in [0.5, 0.6) is 0 Å². The molecule has 4 nitrogen and oxygen atoms in total. The first-order valence-corrected chi connectivity index (χ1v) is 4.75. The molecule has 1 aromatic carbocycles. The predicted octanol–water partition coefficient (Wildman–Crippen LogP) is 1.89. The van der Waals surface area contributed by atoms with Gasteiger partial charge in [-0.25, -0.2) is 9.59 Å². The number of rotatable bonds is 1. The van der Waals surface area contributed by atoms with Gasteiger partial charge in [0.25, 0.3) is 0 Å². The van der Waals surface area contributed by atoms with Crippen molar-refractivity contribution in [3.05, 3.63) is 45.8 Å². The molecule has 4 heteroatoms. The third-order valence-electron chi connectivity index (χ3n) is 2.36. The number of carbonyl (C=O) groups excluding carboxylic acids is 1. The van der Waals surface area contributed by atoms with Gasteiger partial charge < -0.3 is 9.15 Å². The SMILES string of the molecule is COC(=O)c1cc2cccc(C)c2oc1=O. The van der Waals surface area contributed by atoms with Crippen molar-refractivity contribution >= 4 is 16.9 Å². The highest BCUT2D eigenvalue weighted by molar-refractivity contribution is 5.93. The Morgan fingerprint density at radius 3 is 2.81 bits per heavy atom. The zero-order valence-electron chi connectivity index (χ0n) is 8.94.